The number of amides is 1. The van der Waals surface area contributed by atoms with E-state index in [1.165, 1.54) is 6.08 Å². The number of nitrogens with one attached hydrogen (secondary N) is 1. The molecule has 3 rings (SSSR count). The van der Waals surface area contributed by atoms with E-state index in [1.54, 1.807) is 35.8 Å². The van der Waals surface area contributed by atoms with Gasteiger partial charge < -0.3 is 9.73 Å². The second-order valence-electron chi connectivity index (χ2n) is 4.58. The first-order valence-electron chi connectivity index (χ1n) is 6.88. The average molecular weight is 313 g/mol. The molecule has 1 N–H and O–H groups in total. The zero-order chi connectivity index (χ0) is 15.2. The molecule has 0 bridgehead atoms. The normalized spacial score (nSPS) is 11.1. The summed E-state index contributed by atoms with van der Waals surface area (Å²) in [6.45, 7) is 1.15. The number of furan rings is 1. The van der Waals surface area contributed by atoms with E-state index in [-0.39, 0.29) is 5.91 Å². The Hall–Kier alpha value is -2.60. The van der Waals surface area contributed by atoms with Crippen LogP contribution >= 0.6 is 11.3 Å². The molecule has 0 spiro atoms. The Balaban J connectivity index is 1.46. The van der Waals surface area contributed by atoms with Crippen LogP contribution in [0, 0.1) is 0 Å². The molecule has 3 heterocycles. The summed E-state index contributed by atoms with van der Waals surface area (Å²) < 4.78 is 6.94. The molecule has 6 heteroatoms. The van der Waals surface area contributed by atoms with Gasteiger partial charge in [-0.2, -0.15) is 5.10 Å². The van der Waals surface area contributed by atoms with E-state index in [0.717, 1.165) is 10.6 Å². The predicted molar refractivity (Wildman–Crippen MR) is 86.3 cm³/mol. The molecule has 0 radical (unpaired) electrons. The van der Waals surface area contributed by atoms with Gasteiger partial charge in [0, 0.05) is 18.8 Å². The van der Waals surface area contributed by atoms with Crippen LogP contribution in [0.15, 0.2) is 58.7 Å². The first-order chi connectivity index (χ1) is 10.8. The highest BCUT2D eigenvalue weighted by atomic mass is 32.1. The van der Waals surface area contributed by atoms with Crippen molar-refractivity contribution in [3.8, 4) is 10.6 Å². The van der Waals surface area contributed by atoms with Crippen LogP contribution in [-0.2, 0) is 11.3 Å². The summed E-state index contributed by atoms with van der Waals surface area (Å²) in [5.41, 5.74) is 0.957. The molecular weight excluding hydrogens is 298 g/mol. The van der Waals surface area contributed by atoms with Crippen LogP contribution in [0.2, 0.25) is 0 Å². The molecule has 0 aliphatic rings. The van der Waals surface area contributed by atoms with E-state index in [0.29, 0.717) is 18.8 Å². The third-order valence-corrected chi connectivity index (χ3v) is 3.89. The molecule has 0 unspecified atom stereocenters. The molecule has 22 heavy (non-hydrogen) atoms. The third-order valence-electron chi connectivity index (χ3n) is 3.00. The zero-order valence-electron chi connectivity index (χ0n) is 11.8. The van der Waals surface area contributed by atoms with Crippen molar-refractivity contribution in [3.63, 3.8) is 0 Å². The Morgan fingerprint density at radius 1 is 1.36 bits per heavy atom. The number of thiophene rings is 1. The van der Waals surface area contributed by atoms with Gasteiger partial charge in [0.1, 0.15) is 11.5 Å². The highest BCUT2D eigenvalue weighted by Gasteiger charge is 2.03. The van der Waals surface area contributed by atoms with E-state index < -0.39 is 0 Å². The summed E-state index contributed by atoms with van der Waals surface area (Å²) in [6.07, 6.45) is 6.58. The lowest BCUT2D eigenvalue weighted by molar-refractivity contribution is -0.116. The smallest absolute Gasteiger partial charge is 0.244 e. The molecule has 0 fully saturated rings. The molecule has 0 saturated carbocycles. The molecule has 3 aromatic rings. The summed E-state index contributed by atoms with van der Waals surface area (Å²) in [6, 6.07) is 9.59. The van der Waals surface area contributed by atoms with Crippen LogP contribution in [0.4, 0.5) is 0 Å². The van der Waals surface area contributed by atoms with Gasteiger partial charge in [-0.25, -0.2) is 0 Å². The van der Waals surface area contributed by atoms with Crippen LogP contribution in [0.1, 0.15) is 5.76 Å². The molecule has 1 amide bonds. The van der Waals surface area contributed by atoms with Crippen LogP contribution in [0.3, 0.4) is 0 Å². The fourth-order valence-electron chi connectivity index (χ4n) is 1.94. The number of rotatable bonds is 6. The lowest BCUT2D eigenvalue weighted by Crippen LogP contribution is -2.25. The number of hydrogen-bond acceptors (Lipinski definition) is 4. The third kappa shape index (κ3) is 3.73. The largest absolute Gasteiger partial charge is 0.465 e. The van der Waals surface area contributed by atoms with Gasteiger partial charge in [0.05, 0.1) is 17.7 Å². The topological polar surface area (TPSA) is 60.1 Å². The average Bonchev–Trinajstić information content (AvgIpc) is 3.26. The molecule has 0 atom stereocenters. The Bertz CT molecular complexity index is 742. The molecule has 5 nitrogen and oxygen atoms in total. The lowest BCUT2D eigenvalue weighted by Gasteiger charge is -2.02. The summed E-state index contributed by atoms with van der Waals surface area (Å²) in [7, 11) is 0. The highest BCUT2D eigenvalue weighted by Crippen LogP contribution is 2.22. The molecule has 0 aliphatic carbocycles. The van der Waals surface area contributed by atoms with Crippen LogP contribution < -0.4 is 5.32 Å². The SMILES string of the molecule is O=C(/C=C/c1ccco1)NCCn1ccc(-c2cccs2)n1. The minimum atomic E-state index is -0.151. The number of nitrogens with zero attached hydrogens (tertiary/aromatic N) is 2. The van der Waals surface area contributed by atoms with Crippen molar-refractivity contribution in [2.24, 2.45) is 0 Å². The summed E-state index contributed by atoms with van der Waals surface area (Å²) in [5.74, 6) is 0.504. The molecule has 0 aliphatic heterocycles. The molecule has 112 valence electrons. The Kier molecular flexibility index (Phi) is 4.50. The Morgan fingerprint density at radius 2 is 2.32 bits per heavy atom. The van der Waals surface area contributed by atoms with Crippen LogP contribution in [0.25, 0.3) is 16.6 Å². The van der Waals surface area contributed by atoms with Crippen molar-refractivity contribution < 1.29 is 9.21 Å². The standard InChI is InChI=1S/C16H15N3O2S/c20-16(6-5-13-3-1-11-21-13)17-8-10-19-9-7-14(18-19)15-4-2-12-22-15/h1-7,9,11-12H,8,10H2,(H,17,20)/b6-5+. The maximum absolute atomic E-state index is 11.7. The van der Waals surface area contributed by atoms with Crippen molar-refractivity contribution in [3.05, 3.63) is 60.0 Å². The zero-order valence-corrected chi connectivity index (χ0v) is 12.6. The molecular formula is C16H15N3O2S. The Morgan fingerprint density at radius 3 is 3.09 bits per heavy atom. The highest BCUT2D eigenvalue weighted by molar-refractivity contribution is 7.13. The minimum Gasteiger partial charge on any atom is -0.465 e. The van der Waals surface area contributed by atoms with Crippen molar-refractivity contribution in [2.45, 2.75) is 6.54 Å². The van der Waals surface area contributed by atoms with Gasteiger partial charge in [-0.3, -0.25) is 9.48 Å². The second kappa shape index (κ2) is 6.91. The van der Waals surface area contributed by atoms with Gasteiger partial charge in [0.15, 0.2) is 0 Å². The number of hydrogen-bond donors (Lipinski definition) is 1. The fraction of sp³-hybridized carbons (Fsp3) is 0.125. The van der Waals surface area contributed by atoms with E-state index >= 15 is 0 Å². The minimum absolute atomic E-state index is 0.151. The Labute approximate surface area is 131 Å². The lowest BCUT2D eigenvalue weighted by atomic mass is 10.3. The van der Waals surface area contributed by atoms with E-state index in [1.807, 2.05) is 34.5 Å². The van der Waals surface area contributed by atoms with Crippen LogP contribution in [-0.4, -0.2) is 22.2 Å². The maximum Gasteiger partial charge on any atom is 0.244 e. The summed E-state index contributed by atoms with van der Waals surface area (Å²) in [4.78, 5) is 12.8. The van der Waals surface area contributed by atoms with Crippen molar-refractivity contribution >= 4 is 23.3 Å². The van der Waals surface area contributed by atoms with E-state index in [9.17, 15) is 4.79 Å². The maximum atomic E-state index is 11.7. The number of carbonyl (C=O) groups is 1. The number of aromatic nitrogens is 2. The van der Waals surface area contributed by atoms with Gasteiger partial charge in [-0.05, 0) is 35.7 Å². The van der Waals surface area contributed by atoms with Crippen molar-refractivity contribution in [1.29, 1.82) is 0 Å². The summed E-state index contributed by atoms with van der Waals surface area (Å²) >= 11 is 1.66. The molecule has 0 aromatic carbocycles. The van der Waals surface area contributed by atoms with Gasteiger partial charge in [0.2, 0.25) is 5.91 Å². The predicted octanol–water partition coefficient (Wildman–Crippen LogP) is 3.03. The van der Waals surface area contributed by atoms with Crippen molar-refractivity contribution in [1.82, 2.24) is 15.1 Å². The quantitative estimate of drug-likeness (QED) is 0.712. The fourth-order valence-corrected chi connectivity index (χ4v) is 2.63. The first kappa shape index (κ1) is 14.3. The van der Waals surface area contributed by atoms with Gasteiger partial charge in [-0.15, -0.1) is 11.3 Å². The van der Waals surface area contributed by atoms with Gasteiger partial charge >= 0.3 is 0 Å². The van der Waals surface area contributed by atoms with Gasteiger partial charge in [0.25, 0.3) is 0 Å². The van der Waals surface area contributed by atoms with Crippen molar-refractivity contribution in [2.75, 3.05) is 6.54 Å². The first-order valence-corrected chi connectivity index (χ1v) is 7.76. The summed E-state index contributed by atoms with van der Waals surface area (Å²) in [5, 5.41) is 9.32. The second-order valence-corrected chi connectivity index (χ2v) is 5.53. The van der Waals surface area contributed by atoms with Gasteiger partial charge in [-0.1, -0.05) is 6.07 Å². The van der Waals surface area contributed by atoms with E-state index in [4.69, 9.17) is 4.42 Å². The molecule has 3 aromatic heterocycles. The number of carbonyl (C=O) groups excluding carboxylic acids is 1. The van der Waals surface area contributed by atoms with Crippen LogP contribution in [0.5, 0.6) is 0 Å². The molecule has 0 saturated heterocycles. The monoisotopic (exact) mass is 313 g/mol. The van der Waals surface area contributed by atoms with E-state index in [2.05, 4.69) is 10.4 Å².